The van der Waals surface area contributed by atoms with Gasteiger partial charge in [-0.15, -0.1) is 11.3 Å². The zero-order valence-electron chi connectivity index (χ0n) is 11.1. The van der Waals surface area contributed by atoms with Crippen molar-refractivity contribution in [3.63, 3.8) is 0 Å². The van der Waals surface area contributed by atoms with Crippen LogP contribution in [0.15, 0.2) is 48.1 Å². The molecule has 20 heavy (non-hydrogen) atoms. The molecule has 1 N–H and O–H groups in total. The summed E-state index contributed by atoms with van der Waals surface area (Å²) in [6, 6.07) is 9.95. The quantitative estimate of drug-likeness (QED) is 0.801. The molecule has 0 spiro atoms. The Labute approximate surface area is 121 Å². The van der Waals surface area contributed by atoms with Gasteiger partial charge in [-0.3, -0.25) is 9.20 Å². The Balaban J connectivity index is 1.63. The first kappa shape index (κ1) is 12.9. The first-order chi connectivity index (χ1) is 9.72. The molecule has 0 aliphatic rings. The van der Waals surface area contributed by atoms with Crippen LogP contribution in [0.1, 0.15) is 24.2 Å². The lowest BCUT2D eigenvalue weighted by molar-refractivity contribution is -0.121. The van der Waals surface area contributed by atoms with E-state index in [1.807, 2.05) is 59.4 Å². The molecule has 4 nitrogen and oxygen atoms in total. The van der Waals surface area contributed by atoms with Crippen molar-refractivity contribution in [3.05, 3.63) is 59.4 Å². The van der Waals surface area contributed by atoms with E-state index in [4.69, 9.17) is 0 Å². The number of carbonyl (C=O) groups excluding carboxylic acids is 1. The third kappa shape index (κ3) is 2.72. The third-order valence-electron chi connectivity index (χ3n) is 3.16. The topological polar surface area (TPSA) is 46.4 Å². The summed E-state index contributed by atoms with van der Waals surface area (Å²) in [6.07, 6.45) is 4.16. The molecule has 0 radical (unpaired) electrons. The van der Waals surface area contributed by atoms with Gasteiger partial charge in [0, 0.05) is 17.8 Å². The monoisotopic (exact) mass is 285 g/mol. The van der Waals surface area contributed by atoms with Gasteiger partial charge < -0.3 is 5.32 Å². The van der Waals surface area contributed by atoms with E-state index in [1.165, 1.54) is 0 Å². The normalized spacial score (nSPS) is 12.4. The lowest BCUT2D eigenvalue weighted by atomic mass is 10.1. The van der Waals surface area contributed by atoms with Crippen LogP contribution < -0.4 is 5.32 Å². The van der Waals surface area contributed by atoms with Crippen molar-refractivity contribution in [1.29, 1.82) is 0 Å². The lowest BCUT2D eigenvalue weighted by Gasteiger charge is -2.13. The van der Waals surface area contributed by atoms with Crippen LogP contribution in [0.3, 0.4) is 0 Å². The number of carbonyl (C=O) groups is 1. The number of benzene rings is 1. The number of nitrogens with zero attached hydrogens (tertiary/aromatic N) is 2. The Morgan fingerprint density at radius 3 is 2.95 bits per heavy atom. The van der Waals surface area contributed by atoms with Crippen LogP contribution in [0.4, 0.5) is 0 Å². The summed E-state index contributed by atoms with van der Waals surface area (Å²) in [5, 5.41) is 4.97. The average molecular weight is 285 g/mol. The van der Waals surface area contributed by atoms with Gasteiger partial charge in [0.25, 0.3) is 0 Å². The molecular weight excluding hydrogens is 270 g/mol. The molecule has 0 bridgehead atoms. The second kappa shape index (κ2) is 5.46. The molecule has 1 amide bonds. The number of thiazole rings is 1. The lowest BCUT2D eigenvalue weighted by Crippen LogP contribution is -2.28. The number of hydrogen-bond acceptors (Lipinski definition) is 3. The van der Waals surface area contributed by atoms with Crippen LogP contribution in [-0.4, -0.2) is 15.3 Å². The predicted molar refractivity (Wildman–Crippen MR) is 79.8 cm³/mol. The van der Waals surface area contributed by atoms with Crippen molar-refractivity contribution in [2.24, 2.45) is 0 Å². The number of rotatable bonds is 4. The summed E-state index contributed by atoms with van der Waals surface area (Å²) in [5.41, 5.74) is 1.90. The second-order valence-electron chi connectivity index (χ2n) is 4.70. The van der Waals surface area contributed by atoms with Crippen molar-refractivity contribution in [2.45, 2.75) is 19.4 Å². The van der Waals surface area contributed by atoms with Crippen molar-refractivity contribution in [3.8, 4) is 0 Å². The number of nitrogens with one attached hydrogen (secondary N) is 1. The summed E-state index contributed by atoms with van der Waals surface area (Å²) in [6.45, 7) is 1.99. The van der Waals surface area contributed by atoms with Gasteiger partial charge in [-0.05, 0) is 12.5 Å². The van der Waals surface area contributed by atoms with E-state index in [0.717, 1.165) is 16.2 Å². The van der Waals surface area contributed by atoms with E-state index in [2.05, 4.69) is 10.3 Å². The number of imidazole rings is 1. The highest BCUT2D eigenvalue weighted by atomic mass is 32.1. The van der Waals surface area contributed by atoms with Gasteiger partial charge in [0.1, 0.15) is 0 Å². The van der Waals surface area contributed by atoms with Gasteiger partial charge in [-0.2, -0.15) is 0 Å². The smallest absolute Gasteiger partial charge is 0.226 e. The molecule has 0 aliphatic carbocycles. The number of aromatic nitrogens is 2. The van der Waals surface area contributed by atoms with E-state index in [9.17, 15) is 4.79 Å². The number of amides is 1. The molecule has 1 atom stereocenters. The fourth-order valence-electron chi connectivity index (χ4n) is 2.14. The Bertz CT molecular complexity index is 688. The fraction of sp³-hybridized carbons (Fsp3) is 0.200. The summed E-state index contributed by atoms with van der Waals surface area (Å²) in [5.74, 6) is -0.00731. The van der Waals surface area contributed by atoms with E-state index in [1.54, 1.807) is 11.3 Å². The average Bonchev–Trinajstić information content (AvgIpc) is 3.00. The largest absolute Gasteiger partial charge is 0.349 e. The SMILES string of the molecule is CC(NC(=O)Cc1cn2ccsc2n1)c1ccccc1. The molecule has 0 saturated heterocycles. The summed E-state index contributed by atoms with van der Waals surface area (Å²) in [4.78, 5) is 17.4. The molecule has 3 rings (SSSR count). The Hall–Kier alpha value is -2.14. The minimum absolute atomic E-state index is 0.00688. The Morgan fingerprint density at radius 1 is 1.40 bits per heavy atom. The van der Waals surface area contributed by atoms with E-state index in [-0.39, 0.29) is 11.9 Å². The van der Waals surface area contributed by atoms with Crippen LogP contribution in [0.25, 0.3) is 4.96 Å². The first-order valence-electron chi connectivity index (χ1n) is 6.48. The maximum Gasteiger partial charge on any atom is 0.226 e. The molecule has 0 saturated carbocycles. The Morgan fingerprint density at radius 2 is 2.20 bits per heavy atom. The van der Waals surface area contributed by atoms with Crippen LogP contribution in [0, 0.1) is 0 Å². The predicted octanol–water partition coefficient (Wildman–Crippen LogP) is 2.82. The minimum atomic E-state index is -0.00731. The van der Waals surface area contributed by atoms with Crippen LogP contribution in [0.2, 0.25) is 0 Å². The van der Waals surface area contributed by atoms with E-state index < -0.39 is 0 Å². The minimum Gasteiger partial charge on any atom is -0.349 e. The molecule has 2 aromatic heterocycles. The molecule has 0 fully saturated rings. The molecule has 5 heteroatoms. The number of fused-ring (bicyclic) bond motifs is 1. The highest BCUT2D eigenvalue weighted by Crippen LogP contribution is 2.13. The Kier molecular flexibility index (Phi) is 3.52. The zero-order valence-corrected chi connectivity index (χ0v) is 11.9. The van der Waals surface area contributed by atoms with Gasteiger partial charge in [-0.1, -0.05) is 30.3 Å². The molecule has 102 valence electrons. The van der Waals surface area contributed by atoms with Gasteiger partial charge >= 0.3 is 0 Å². The third-order valence-corrected chi connectivity index (χ3v) is 3.93. The van der Waals surface area contributed by atoms with Crippen LogP contribution >= 0.6 is 11.3 Å². The standard InChI is InChI=1S/C15H15N3OS/c1-11(12-5-3-2-4-6-12)16-14(19)9-13-10-18-7-8-20-15(18)17-13/h2-8,10-11H,9H2,1H3,(H,16,19). The molecule has 3 aromatic rings. The zero-order chi connectivity index (χ0) is 13.9. The van der Waals surface area contributed by atoms with Gasteiger partial charge in [0.05, 0.1) is 18.2 Å². The number of hydrogen-bond donors (Lipinski definition) is 1. The summed E-state index contributed by atoms with van der Waals surface area (Å²) in [7, 11) is 0. The van der Waals surface area contributed by atoms with Gasteiger partial charge in [0.15, 0.2) is 4.96 Å². The first-order valence-corrected chi connectivity index (χ1v) is 7.36. The van der Waals surface area contributed by atoms with Gasteiger partial charge in [-0.25, -0.2) is 4.98 Å². The highest BCUT2D eigenvalue weighted by molar-refractivity contribution is 7.15. The van der Waals surface area contributed by atoms with Gasteiger partial charge in [0.2, 0.25) is 5.91 Å². The molecule has 1 unspecified atom stereocenters. The molecule has 0 aliphatic heterocycles. The highest BCUT2D eigenvalue weighted by Gasteiger charge is 2.12. The molecule has 1 aromatic carbocycles. The van der Waals surface area contributed by atoms with E-state index in [0.29, 0.717) is 6.42 Å². The van der Waals surface area contributed by atoms with Crippen molar-refractivity contribution < 1.29 is 4.79 Å². The fourth-order valence-corrected chi connectivity index (χ4v) is 2.86. The maximum atomic E-state index is 12.0. The van der Waals surface area contributed by atoms with Crippen molar-refractivity contribution in [2.75, 3.05) is 0 Å². The maximum absolute atomic E-state index is 12.0. The second-order valence-corrected chi connectivity index (χ2v) is 5.57. The molecular formula is C15H15N3OS. The van der Waals surface area contributed by atoms with Crippen LogP contribution in [0.5, 0.6) is 0 Å². The van der Waals surface area contributed by atoms with Crippen molar-refractivity contribution in [1.82, 2.24) is 14.7 Å². The summed E-state index contributed by atoms with van der Waals surface area (Å²) < 4.78 is 1.94. The molecule has 2 heterocycles. The van der Waals surface area contributed by atoms with E-state index >= 15 is 0 Å². The van der Waals surface area contributed by atoms with Crippen molar-refractivity contribution >= 4 is 22.2 Å². The summed E-state index contributed by atoms with van der Waals surface area (Å²) >= 11 is 1.57. The van der Waals surface area contributed by atoms with Crippen LogP contribution in [-0.2, 0) is 11.2 Å².